The van der Waals surface area contributed by atoms with Gasteiger partial charge in [0.25, 0.3) is 5.89 Å². The second-order valence-electron chi connectivity index (χ2n) is 2.18. The lowest BCUT2D eigenvalue weighted by atomic mass is 10.5. The fourth-order valence-electron chi connectivity index (χ4n) is 0.836. The largest absolute Gasteiger partial charge is 0.459 e. The van der Waals surface area contributed by atoms with Crippen LogP contribution in [0.5, 0.6) is 0 Å². The Morgan fingerprint density at radius 3 is 2.92 bits per heavy atom. The molecule has 2 N–H and O–H groups in total. The van der Waals surface area contributed by atoms with Crippen molar-refractivity contribution < 1.29 is 8.83 Å². The highest BCUT2D eigenvalue weighted by molar-refractivity contribution is 5.42. The molecular formula is C7H7N3O2. The summed E-state index contributed by atoms with van der Waals surface area (Å²) in [7, 11) is 0. The molecule has 2 rings (SSSR count). The Bertz CT molecular complexity index is 352. The minimum absolute atomic E-state index is 0.244. The van der Waals surface area contributed by atoms with Gasteiger partial charge in [-0.15, -0.1) is 10.2 Å². The number of aromatic nitrogens is 2. The first-order chi connectivity index (χ1) is 5.90. The Balaban J connectivity index is 2.35. The van der Waals surface area contributed by atoms with Crippen molar-refractivity contribution in [1.82, 2.24) is 10.2 Å². The van der Waals surface area contributed by atoms with Gasteiger partial charge in [-0.3, -0.25) is 0 Å². The maximum Gasteiger partial charge on any atom is 0.283 e. The third-order valence-corrected chi connectivity index (χ3v) is 1.37. The van der Waals surface area contributed by atoms with Crippen molar-refractivity contribution in [2.45, 2.75) is 6.54 Å². The summed E-state index contributed by atoms with van der Waals surface area (Å²) < 4.78 is 10.2. The highest BCUT2D eigenvalue weighted by Gasteiger charge is 2.08. The smallest absolute Gasteiger partial charge is 0.283 e. The van der Waals surface area contributed by atoms with Gasteiger partial charge >= 0.3 is 0 Å². The number of nitrogens with two attached hydrogens (primary N) is 1. The van der Waals surface area contributed by atoms with Crippen LogP contribution in [0.1, 0.15) is 5.89 Å². The van der Waals surface area contributed by atoms with Crippen LogP contribution < -0.4 is 5.73 Å². The molecule has 0 unspecified atom stereocenters. The number of nitrogens with zero attached hydrogens (tertiary/aromatic N) is 2. The number of hydrogen-bond acceptors (Lipinski definition) is 5. The van der Waals surface area contributed by atoms with Gasteiger partial charge in [0.2, 0.25) is 5.89 Å². The average Bonchev–Trinajstić information content (AvgIpc) is 2.75. The molecule has 5 heteroatoms. The van der Waals surface area contributed by atoms with Gasteiger partial charge in [0.15, 0.2) is 5.76 Å². The van der Waals surface area contributed by atoms with E-state index in [9.17, 15) is 0 Å². The topological polar surface area (TPSA) is 78.1 Å². The molecule has 2 aromatic rings. The van der Waals surface area contributed by atoms with E-state index >= 15 is 0 Å². The van der Waals surface area contributed by atoms with E-state index < -0.39 is 0 Å². The van der Waals surface area contributed by atoms with Gasteiger partial charge < -0.3 is 14.6 Å². The molecule has 0 atom stereocenters. The number of hydrogen-bond donors (Lipinski definition) is 1. The lowest BCUT2D eigenvalue weighted by Crippen LogP contribution is -1.95. The molecule has 0 aliphatic rings. The molecule has 0 amide bonds. The maximum atomic E-state index is 5.29. The quantitative estimate of drug-likeness (QED) is 0.711. The standard InChI is InChI=1S/C7H7N3O2/c8-4-6-9-10-7(12-6)5-2-1-3-11-5/h1-3H,4,8H2. The number of furan rings is 1. The van der Waals surface area contributed by atoms with Crippen molar-refractivity contribution in [2.75, 3.05) is 0 Å². The summed E-state index contributed by atoms with van der Waals surface area (Å²) in [6.07, 6.45) is 1.54. The van der Waals surface area contributed by atoms with Crippen molar-refractivity contribution in [1.29, 1.82) is 0 Å². The first kappa shape index (κ1) is 7.05. The van der Waals surface area contributed by atoms with Crippen molar-refractivity contribution in [3.05, 3.63) is 24.3 Å². The normalized spacial score (nSPS) is 10.4. The molecule has 0 aliphatic carbocycles. The highest BCUT2D eigenvalue weighted by atomic mass is 16.4. The molecule has 0 aromatic carbocycles. The molecular weight excluding hydrogens is 158 g/mol. The summed E-state index contributed by atoms with van der Waals surface area (Å²) >= 11 is 0. The molecule has 2 aromatic heterocycles. The molecule has 0 fully saturated rings. The van der Waals surface area contributed by atoms with E-state index in [0.717, 1.165) is 0 Å². The summed E-state index contributed by atoms with van der Waals surface area (Å²) in [6, 6.07) is 3.50. The van der Waals surface area contributed by atoms with E-state index in [4.69, 9.17) is 14.6 Å². The van der Waals surface area contributed by atoms with E-state index in [0.29, 0.717) is 17.5 Å². The van der Waals surface area contributed by atoms with Gasteiger partial charge in [0, 0.05) is 0 Å². The Kier molecular flexibility index (Phi) is 1.64. The van der Waals surface area contributed by atoms with E-state index in [2.05, 4.69) is 10.2 Å². The van der Waals surface area contributed by atoms with Crippen LogP contribution in [0, 0.1) is 0 Å². The van der Waals surface area contributed by atoms with Gasteiger partial charge in [-0.2, -0.15) is 0 Å². The van der Waals surface area contributed by atoms with Crippen LogP contribution in [0.3, 0.4) is 0 Å². The molecule has 12 heavy (non-hydrogen) atoms. The summed E-state index contributed by atoms with van der Waals surface area (Å²) in [4.78, 5) is 0. The summed E-state index contributed by atoms with van der Waals surface area (Å²) in [6.45, 7) is 0.244. The van der Waals surface area contributed by atoms with E-state index in [1.807, 2.05) is 0 Å². The average molecular weight is 165 g/mol. The van der Waals surface area contributed by atoms with Crippen LogP contribution in [0.15, 0.2) is 27.2 Å². The monoisotopic (exact) mass is 165 g/mol. The molecule has 5 nitrogen and oxygen atoms in total. The second kappa shape index (κ2) is 2.78. The fourth-order valence-corrected chi connectivity index (χ4v) is 0.836. The van der Waals surface area contributed by atoms with Crippen LogP contribution in [0.25, 0.3) is 11.7 Å². The first-order valence-corrected chi connectivity index (χ1v) is 3.46. The van der Waals surface area contributed by atoms with Gasteiger partial charge in [-0.05, 0) is 12.1 Å². The first-order valence-electron chi connectivity index (χ1n) is 3.46. The SMILES string of the molecule is NCc1nnc(-c2ccco2)o1. The van der Waals surface area contributed by atoms with Crippen LogP contribution in [-0.2, 0) is 6.54 Å². The predicted molar refractivity (Wildman–Crippen MR) is 39.9 cm³/mol. The zero-order chi connectivity index (χ0) is 8.39. The minimum Gasteiger partial charge on any atom is -0.459 e. The molecule has 0 aliphatic heterocycles. The lowest BCUT2D eigenvalue weighted by molar-refractivity contribution is 0.482. The Labute approximate surface area is 68.2 Å². The fraction of sp³-hybridized carbons (Fsp3) is 0.143. The van der Waals surface area contributed by atoms with Gasteiger partial charge in [0.1, 0.15) is 0 Å². The molecule has 0 radical (unpaired) electrons. The van der Waals surface area contributed by atoms with Crippen LogP contribution in [0.4, 0.5) is 0 Å². The van der Waals surface area contributed by atoms with Crippen LogP contribution in [0.2, 0.25) is 0 Å². The van der Waals surface area contributed by atoms with E-state index in [-0.39, 0.29) is 6.54 Å². The van der Waals surface area contributed by atoms with Crippen molar-refractivity contribution in [3.8, 4) is 11.7 Å². The lowest BCUT2D eigenvalue weighted by Gasteiger charge is -1.84. The molecule has 2 heterocycles. The Hall–Kier alpha value is -1.62. The van der Waals surface area contributed by atoms with Gasteiger partial charge in [0.05, 0.1) is 12.8 Å². The van der Waals surface area contributed by atoms with E-state index in [1.54, 1.807) is 18.4 Å². The third kappa shape index (κ3) is 1.10. The van der Waals surface area contributed by atoms with Gasteiger partial charge in [-0.1, -0.05) is 0 Å². The molecule has 0 saturated carbocycles. The summed E-state index contributed by atoms with van der Waals surface area (Å²) in [5, 5.41) is 7.43. The minimum atomic E-state index is 0.244. The summed E-state index contributed by atoms with van der Waals surface area (Å²) in [5.74, 6) is 1.32. The van der Waals surface area contributed by atoms with Crippen molar-refractivity contribution in [3.63, 3.8) is 0 Å². The Morgan fingerprint density at radius 2 is 2.33 bits per heavy atom. The molecule has 0 spiro atoms. The second-order valence-corrected chi connectivity index (χ2v) is 2.18. The zero-order valence-corrected chi connectivity index (χ0v) is 6.23. The molecule has 62 valence electrons. The maximum absolute atomic E-state index is 5.29. The zero-order valence-electron chi connectivity index (χ0n) is 6.23. The Morgan fingerprint density at radius 1 is 1.42 bits per heavy atom. The number of rotatable bonds is 2. The highest BCUT2D eigenvalue weighted by Crippen LogP contribution is 2.17. The van der Waals surface area contributed by atoms with Crippen LogP contribution >= 0.6 is 0 Å². The van der Waals surface area contributed by atoms with Crippen molar-refractivity contribution >= 4 is 0 Å². The third-order valence-electron chi connectivity index (χ3n) is 1.37. The van der Waals surface area contributed by atoms with Crippen molar-refractivity contribution in [2.24, 2.45) is 5.73 Å². The summed E-state index contributed by atoms with van der Waals surface area (Å²) in [5.41, 5.74) is 5.29. The molecule has 0 saturated heterocycles. The van der Waals surface area contributed by atoms with Gasteiger partial charge in [-0.25, -0.2) is 0 Å². The van der Waals surface area contributed by atoms with E-state index in [1.165, 1.54) is 0 Å². The van der Waals surface area contributed by atoms with Crippen LogP contribution in [-0.4, -0.2) is 10.2 Å². The predicted octanol–water partition coefficient (Wildman–Crippen LogP) is 0.788. The molecule has 0 bridgehead atoms.